The van der Waals surface area contributed by atoms with Crippen molar-refractivity contribution in [2.75, 3.05) is 4.90 Å². The smallest absolute Gasteiger partial charge is 0.355 e. The number of aryl methyl sites for hydroxylation is 2. The maximum Gasteiger partial charge on any atom is 0.355 e. The number of esters is 1. The van der Waals surface area contributed by atoms with Crippen LogP contribution in [0.15, 0.2) is 53.6 Å². The first kappa shape index (κ1) is 17.9. The van der Waals surface area contributed by atoms with Gasteiger partial charge in [0.25, 0.3) is 5.91 Å². The molecular weight excluding hydrogens is 358 g/mol. The minimum Gasteiger partial charge on any atom is -0.456 e. The third kappa shape index (κ3) is 3.05. The van der Waals surface area contributed by atoms with E-state index < -0.39 is 29.7 Å². The fraction of sp³-hybridized carbons (Fsp3) is 0.238. The van der Waals surface area contributed by atoms with E-state index in [2.05, 4.69) is 10.5 Å². The van der Waals surface area contributed by atoms with Crippen molar-refractivity contribution in [3.8, 4) is 0 Å². The second-order valence-corrected chi connectivity index (χ2v) is 7.00. The molecule has 0 aliphatic carbocycles. The van der Waals surface area contributed by atoms with Gasteiger partial charge in [0.15, 0.2) is 5.71 Å². The topological polar surface area (TPSA) is 88.1 Å². The summed E-state index contributed by atoms with van der Waals surface area (Å²) in [7, 11) is 0. The molecule has 1 saturated heterocycles. The Bertz CT molecular complexity index is 980. The Labute approximate surface area is 162 Å². The predicted molar refractivity (Wildman–Crippen MR) is 102 cm³/mol. The average molecular weight is 377 g/mol. The van der Waals surface area contributed by atoms with Crippen molar-refractivity contribution >= 4 is 29.2 Å². The van der Waals surface area contributed by atoms with Gasteiger partial charge in [-0.15, -0.1) is 0 Å². The second kappa shape index (κ2) is 6.92. The number of hydrogen-bond donors (Lipinski definition) is 1. The first-order valence-electron chi connectivity index (χ1n) is 8.96. The highest BCUT2D eigenvalue weighted by Gasteiger charge is 2.55. The van der Waals surface area contributed by atoms with Crippen LogP contribution in [0.3, 0.4) is 0 Å². The Balaban J connectivity index is 1.54. The van der Waals surface area contributed by atoms with Gasteiger partial charge in [-0.3, -0.25) is 15.0 Å². The fourth-order valence-electron chi connectivity index (χ4n) is 3.59. The molecule has 142 valence electrons. The number of carbonyl (C=O) groups is 3. The lowest BCUT2D eigenvalue weighted by Gasteiger charge is -2.17. The number of amides is 2. The lowest BCUT2D eigenvalue weighted by molar-refractivity contribution is -0.137. The molecule has 2 aliphatic rings. The number of hydrogen-bond acceptors (Lipinski definition) is 6. The number of imide groups is 1. The van der Waals surface area contributed by atoms with Gasteiger partial charge < -0.3 is 4.74 Å². The van der Waals surface area contributed by atoms with Crippen molar-refractivity contribution < 1.29 is 19.1 Å². The van der Waals surface area contributed by atoms with Crippen molar-refractivity contribution in [3.63, 3.8) is 0 Å². The highest BCUT2D eigenvalue weighted by molar-refractivity contribution is 6.46. The van der Waals surface area contributed by atoms with E-state index in [1.807, 2.05) is 50.2 Å². The SMILES string of the molecule is Cc1cc(C)cc(N2C(=O)[C@@H]3C(C(=O)OCc4ccccc4)=NN[C@@H]3C2=O)c1. The molecule has 2 aliphatic heterocycles. The van der Waals surface area contributed by atoms with Gasteiger partial charge in [0, 0.05) is 0 Å². The van der Waals surface area contributed by atoms with Gasteiger partial charge in [0.05, 0.1) is 5.69 Å². The molecule has 2 atom stereocenters. The fourth-order valence-corrected chi connectivity index (χ4v) is 3.59. The monoisotopic (exact) mass is 377 g/mol. The standard InChI is InChI=1S/C21H19N3O4/c1-12-8-13(2)10-15(9-12)24-19(25)16-17(20(24)26)22-23-18(16)21(27)28-11-14-6-4-3-5-7-14/h3-10,16-17,22H,11H2,1-2H3/t16-,17-/m0/s1. The van der Waals surface area contributed by atoms with E-state index >= 15 is 0 Å². The number of carbonyl (C=O) groups excluding carboxylic acids is 3. The van der Waals surface area contributed by atoms with Gasteiger partial charge in [0.1, 0.15) is 18.6 Å². The highest BCUT2D eigenvalue weighted by atomic mass is 16.5. The molecule has 4 rings (SSSR count). The van der Waals surface area contributed by atoms with Gasteiger partial charge in [-0.1, -0.05) is 36.4 Å². The van der Waals surface area contributed by atoms with Crippen LogP contribution in [-0.2, 0) is 25.7 Å². The Hall–Kier alpha value is -3.48. The van der Waals surface area contributed by atoms with Gasteiger partial charge in [-0.2, -0.15) is 5.10 Å². The van der Waals surface area contributed by atoms with E-state index in [1.54, 1.807) is 12.1 Å². The maximum atomic E-state index is 13.0. The number of anilines is 1. The zero-order valence-corrected chi connectivity index (χ0v) is 15.5. The second-order valence-electron chi connectivity index (χ2n) is 7.00. The Morgan fingerprint density at radius 3 is 2.43 bits per heavy atom. The molecular formula is C21H19N3O4. The quantitative estimate of drug-likeness (QED) is 0.649. The van der Waals surface area contributed by atoms with Crippen LogP contribution in [0.1, 0.15) is 16.7 Å². The van der Waals surface area contributed by atoms with Crippen LogP contribution in [0, 0.1) is 19.8 Å². The molecule has 7 heteroatoms. The lowest BCUT2D eigenvalue weighted by atomic mass is 9.99. The predicted octanol–water partition coefficient (Wildman–Crippen LogP) is 1.86. The minimum absolute atomic E-state index is 0.0637. The molecule has 0 radical (unpaired) electrons. The van der Waals surface area contributed by atoms with Crippen LogP contribution in [0.5, 0.6) is 0 Å². The summed E-state index contributed by atoms with van der Waals surface area (Å²) < 4.78 is 5.29. The van der Waals surface area contributed by atoms with E-state index in [1.165, 1.54) is 0 Å². The van der Waals surface area contributed by atoms with Crippen molar-refractivity contribution in [2.45, 2.75) is 26.5 Å². The molecule has 2 amide bonds. The number of benzene rings is 2. The number of hydrazone groups is 1. The molecule has 0 aromatic heterocycles. The largest absolute Gasteiger partial charge is 0.456 e. The van der Waals surface area contributed by atoms with E-state index in [-0.39, 0.29) is 12.3 Å². The third-order valence-corrected chi connectivity index (χ3v) is 4.81. The lowest BCUT2D eigenvalue weighted by Crippen LogP contribution is -2.36. The summed E-state index contributed by atoms with van der Waals surface area (Å²) in [5.41, 5.74) is 5.78. The Morgan fingerprint density at radius 1 is 1.07 bits per heavy atom. The van der Waals surface area contributed by atoms with Gasteiger partial charge in [-0.25, -0.2) is 9.69 Å². The highest BCUT2D eigenvalue weighted by Crippen LogP contribution is 2.31. The normalized spacial score (nSPS) is 20.6. The minimum atomic E-state index is -0.975. The molecule has 0 unspecified atom stereocenters. The summed E-state index contributed by atoms with van der Waals surface area (Å²) in [5, 5.41) is 3.92. The molecule has 28 heavy (non-hydrogen) atoms. The third-order valence-electron chi connectivity index (χ3n) is 4.81. The van der Waals surface area contributed by atoms with Crippen LogP contribution in [0.4, 0.5) is 5.69 Å². The van der Waals surface area contributed by atoms with Gasteiger partial charge in [-0.05, 0) is 42.7 Å². The van der Waals surface area contributed by atoms with E-state index in [0.29, 0.717) is 5.69 Å². The van der Waals surface area contributed by atoms with Crippen LogP contribution in [0.2, 0.25) is 0 Å². The summed E-state index contributed by atoms with van der Waals surface area (Å²) in [6, 6.07) is 13.8. The van der Waals surface area contributed by atoms with E-state index in [9.17, 15) is 14.4 Å². The zero-order chi connectivity index (χ0) is 19.8. The molecule has 1 fully saturated rings. The molecule has 2 aromatic carbocycles. The van der Waals surface area contributed by atoms with E-state index in [0.717, 1.165) is 21.6 Å². The Kier molecular flexibility index (Phi) is 4.43. The molecule has 1 N–H and O–H groups in total. The summed E-state index contributed by atoms with van der Waals surface area (Å²) in [6.07, 6.45) is 0. The van der Waals surface area contributed by atoms with Crippen molar-refractivity contribution in [1.29, 1.82) is 0 Å². The summed E-state index contributed by atoms with van der Waals surface area (Å²) in [6.45, 7) is 3.86. The number of nitrogens with one attached hydrogen (secondary N) is 1. The molecule has 7 nitrogen and oxygen atoms in total. The molecule has 2 heterocycles. The molecule has 0 bridgehead atoms. The van der Waals surface area contributed by atoms with Crippen LogP contribution in [0.25, 0.3) is 0 Å². The molecule has 2 aromatic rings. The van der Waals surface area contributed by atoms with Crippen molar-refractivity contribution in [2.24, 2.45) is 11.0 Å². The Morgan fingerprint density at radius 2 is 1.75 bits per heavy atom. The maximum absolute atomic E-state index is 13.0. The van der Waals surface area contributed by atoms with Gasteiger partial charge >= 0.3 is 5.97 Å². The number of rotatable bonds is 4. The first-order chi connectivity index (χ1) is 13.5. The van der Waals surface area contributed by atoms with Crippen LogP contribution in [-0.4, -0.2) is 29.5 Å². The molecule has 0 saturated carbocycles. The summed E-state index contributed by atoms with van der Waals surface area (Å²) >= 11 is 0. The number of ether oxygens (including phenoxy) is 1. The number of nitrogens with zero attached hydrogens (tertiary/aromatic N) is 2. The van der Waals surface area contributed by atoms with Gasteiger partial charge in [0.2, 0.25) is 5.91 Å². The van der Waals surface area contributed by atoms with Crippen LogP contribution < -0.4 is 10.3 Å². The number of fused-ring (bicyclic) bond motifs is 1. The molecule has 0 spiro atoms. The summed E-state index contributed by atoms with van der Waals surface area (Å²) in [5.74, 6) is -2.57. The van der Waals surface area contributed by atoms with Crippen molar-refractivity contribution in [3.05, 3.63) is 65.2 Å². The van der Waals surface area contributed by atoms with Crippen LogP contribution >= 0.6 is 0 Å². The van der Waals surface area contributed by atoms with Crippen molar-refractivity contribution in [1.82, 2.24) is 5.43 Å². The first-order valence-corrected chi connectivity index (χ1v) is 8.96. The zero-order valence-electron chi connectivity index (χ0n) is 15.5. The summed E-state index contributed by atoms with van der Waals surface area (Å²) in [4.78, 5) is 39.4. The van der Waals surface area contributed by atoms with E-state index in [4.69, 9.17) is 4.74 Å². The average Bonchev–Trinajstić information content (AvgIpc) is 3.20.